The summed E-state index contributed by atoms with van der Waals surface area (Å²) in [5.74, 6) is 0.589. The average molecular weight is 264 g/mol. The van der Waals surface area contributed by atoms with Gasteiger partial charge < -0.3 is 19.5 Å². The first kappa shape index (κ1) is 14.4. The third-order valence-corrected chi connectivity index (χ3v) is 3.28. The summed E-state index contributed by atoms with van der Waals surface area (Å²) in [5.41, 5.74) is 1.90. The lowest BCUT2D eigenvalue weighted by Gasteiger charge is -2.20. The zero-order chi connectivity index (χ0) is 14.2. The number of aliphatic hydroxyl groups is 1. The second-order valence-electron chi connectivity index (χ2n) is 5.69. The van der Waals surface area contributed by atoms with Gasteiger partial charge in [0.2, 0.25) is 0 Å². The van der Waals surface area contributed by atoms with Crippen molar-refractivity contribution < 1.29 is 19.5 Å². The molecule has 0 fully saturated rings. The highest BCUT2D eigenvalue weighted by Crippen LogP contribution is 2.32. The lowest BCUT2D eigenvalue weighted by atomic mass is 9.77. The number of rotatable bonds is 4. The molecule has 5 heteroatoms. The molecule has 0 saturated heterocycles. The molecule has 2 rings (SSSR count). The standard InChI is InChI=1S/C14H21BO4/c1-5-10-12-9(2)6-7-11(13(12)15(17)19-10)18-8-14(3,4)16/h6-7,10,16-17H,5,8H2,1-4H3. The lowest BCUT2D eigenvalue weighted by molar-refractivity contribution is 0.0288. The summed E-state index contributed by atoms with van der Waals surface area (Å²) in [6.07, 6.45) is 0.718. The van der Waals surface area contributed by atoms with Crippen LogP contribution in [0.25, 0.3) is 0 Å². The van der Waals surface area contributed by atoms with Gasteiger partial charge in [-0.2, -0.15) is 0 Å². The highest BCUT2D eigenvalue weighted by molar-refractivity contribution is 6.63. The van der Waals surface area contributed by atoms with Gasteiger partial charge in [0.05, 0.1) is 11.7 Å². The van der Waals surface area contributed by atoms with E-state index < -0.39 is 12.7 Å². The lowest BCUT2D eigenvalue weighted by Crippen LogP contribution is -2.34. The molecular formula is C14H21BO4. The Labute approximate surface area is 114 Å². The summed E-state index contributed by atoms with van der Waals surface area (Å²) in [7, 11) is -0.948. The molecule has 0 radical (unpaired) electrons. The molecule has 1 aromatic carbocycles. The van der Waals surface area contributed by atoms with E-state index in [1.807, 2.05) is 26.0 Å². The minimum atomic E-state index is -0.948. The fourth-order valence-corrected chi connectivity index (χ4v) is 2.38. The summed E-state index contributed by atoms with van der Waals surface area (Å²) < 4.78 is 11.2. The van der Waals surface area contributed by atoms with Gasteiger partial charge in [0.15, 0.2) is 0 Å². The quantitative estimate of drug-likeness (QED) is 0.805. The first-order valence-corrected chi connectivity index (χ1v) is 6.65. The van der Waals surface area contributed by atoms with Gasteiger partial charge in [-0.15, -0.1) is 0 Å². The number of fused-ring (bicyclic) bond motifs is 1. The Morgan fingerprint density at radius 2 is 2.11 bits per heavy atom. The van der Waals surface area contributed by atoms with Crippen LogP contribution in [0.2, 0.25) is 0 Å². The van der Waals surface area contributed by atoms with Gasteiger partial charge in [0.1, 0.15) is 12.4 Å². The number of hydrogen-bond donors (Lipinski definition) is 2. The normalized spacial score (nSPS) is 18.6. The molecule has 0 aromatic heterocycles. The molecule has 1 aliphatic rings. The van der Waals surface area contributed by atoms with E-state index in [4.69, 9.17) is 9.39 Å². The summed E-state index contributed by atoms with van der Waals surface area (Å²) in [6.45, 7) is 7.57. The predicted molar refractivity (Wildman–Crippen MR) is 74.7 cm³/mol. The van der Waals surface area contributed by atoms with Crippen LogP contribution in [0.3, 0.4) is 0 Å². The maximum Gasteiger partial charge on any atom is 0.495 e. The Morgan fingerprint density at radius 1 is 1.42 bits per heavy atom. The Morgan fingerprint density at radius 3 is 2.68 bits per heavy atom. The molecule has 1 unspecified atom stereocenters. The average Bonchev–Trinajstić information content (AvgIpc) is 2.66. The molecular weight excluding hydrogens is 243 g/mol. The molecule has 0 amide bonds. The number of hydrogen-bond acceptors (Lipinski definition) is 4. The highest BCUT2D eigenvalue weighted by atomic mass is 16.5. The fraction of sp³-hybridized carbons (Fsp3) is 0.571. The largest absolute Gasteiger partial charge is 0.495 e. The maximum atomic E-state index is 10.1. The zero-order valence-electron chi connectivity index (χ0n) is 11.9. The van der Waals surface area contributed by atoms with E-state index in [2.05, 4.69) is 0 Å². The first-order chi connectivity index (χ1) is 8.83. The fourth-order valence-electron chi connectivity index (χ4n) is 2.38. The molecule has 0 bridgehead atoms. The number of aryl methyl sites for hydroxylation is 1. The van der Waals surface area contributed by atoms with Crippen molar-refractivity contribution in [1.29, 1.82) is 0 Å². The van der Waals surface area contributed by atoms with Gasteiger partial charge in [-0.3, -0.25) is 0 Å². The summed E-state index contributed by atoms with van der Waals surface area (Å²) in [5, 5.41) is 19.8. The Hall–Kier alpha value is -1.04. The minimum absolute atomic E-state index is 0.0873. The van der Waals surface area contributed by atoms with E-state index in [0.29, 0.717) is 11.2 Å². The van der Waals surface area contributed by atoms with Crippen molar-refractivity contribution in [2.75, 3.05) is 6.61 Å². The minimum Gasteiger partial charge on any atom is -0.491 e. The van der Waals surface area contributed by atoms with Crippen LogP contribution in [-0.2, 0) is 4.65 Å². The predicted octanol–water partition coefficient (Wildman–Crippen LogP) is 1.31. The maximum absolute atomic E-state index is 10.1. The van der Waals surface area contributed by atoms with Crippen LogP contribution in [0.5, 0.6) is 5.75 Å². The number of benzene rings is 1. The monoisotopic (exact) mass is 264 g/mol. The molecule has 19 heavy (non-hydrogen) atoms. The highest BCUT2D eigenvalue weighted by Gasteiger charge is 2.38. The van der Waals surface area contributed by atoms with Gasteiger partial charge in [0.25, 0.3) is 0 Å². The van der Waals surface area contributed by atoms with Gasteiger partial charge in [0, 0.05) is 5.46 Å². The van der Waals surface area contributed by atoms with E-state index in [9.17, 15) is 10.1 Å². The Balaban J connectivity index is 2.35. The van der Waals surface area contributed by atoms with Crippen molar-refractivity contribution >= 4 is 12.6 Å². The van der Waals surface area contributed by atoms with Crippen LogP contribution in [-0.4, -0.2) is 29.5 Å². The zero-order valence-corrected chi connectivity index (χ0v) is 11.9. The van der Waals surface area contributed by atoms with Crippen LogP contribution in [0, 0.1) is 6.92 Å². The van der Waals surface area contributed by atoms with E-state index in [1.54, 1.807) is 13.8 Å². The second-order valence-corrected chi connectivity index (χ2v) is 5.69. The van der Waals surface area contributed by atoms with E-state index in [0.717, 1.165) is 17.5 Å². The van der Waals surface area contributed by atoms with Crippen LogP contribution in [0.1, 0.15) is 44.4 Å². The van der Waals surface area contributed by atoms with Gasteiger partial charge in [-0.05, 0) is 44.4 Å². The van der Waals surface area contributed by atoms with Gasteiger partial charge in [-0.25, -0.2) is 0 Å². The molecule has 1 heterocycles. The van der Waals surface area contributed by atoms with Crippen LogP contribution < -0.4 is 10.2 Å². The molecule has 104 valence electrons. The summed E-state index contributed by atoms with van der Waals surface area (Å²) in [6, 6.07) is 3.78. The topological polar surface area (TPSA) is 58.9 Å². The van der Waals surface area contributed by atoms with Crippen LogP contribution in [0.4, 0.5) is 0 Å². The third kappa shape index (κ3) is 2.94. The molecule has 1 aliphatic heterocycles. The van der Waals surface area contributed by atoms with Crippen LogP contribution >= 0.6 is 0 Å². The second kappa shape index (κ2) is 5.15. The van der Waals surface area contributed by atoms with E-state index >= 15 is 0 Å². The number of ether oxygens (including phenoxy) is 1. The molecule has 0 aliphatic carbocycles. The smallest absolute Gasteiger partial charge is 0.491 e. The van der Waals surface area contributed by atoms with Crippen molar-refractivity contribution in [2.24, 2.45) is 0 Å². The molecule has 1 atom stereocenters. The van der Waals surface area contributed by atoms with Crippen LogP contribution in [0.15, 0.2) is 12.1 Å². The molecule has 1 aromatic rings. The van der Waals surface area contributed by atoms with Crippen molar-refractivity contribution in [3.63, 3.8) is 0 Å². The van der Waals surface area contributed by atoms with Crippen molar-refractivity contribution in [3.05, 3.63) is 23.3 Å². The first-order valence-electron chi connectivity index (χ1n) is 6.65. The summed E-state index contributed by atoms with van der Waals surface area (Å²) >= 11 is 0. The van der Waals surface area contributed by atoms with Crippen molar-refractivity contribution in [2.45, 2.75) is 45.8 Å². The Bertz CT molecular complexity index is 467. The van der Waals surface area contributed by atoms with E-state index in [-0.39, 0.29) is 12.7 Å². The van der Waals surface area contributed by atoms with Gasteiger partial charge in [-0.1, -0.05) is 13.0 Å². The molecule has 2 N–H and O–H groups in total. The molecule has 4 nitrogen and oxygen atoms in total. The Kier molecular flexibility index (Phi) is 3.90. The van der Waals surface area contributed by atoms with Gasteiger partial charge >= 0.3 is 7.12 Å². The molecule has 0 spiro atoms. The van der Waals surface area contributed by atoms with Crippen molar-refractivity contribution in [3.8, 4) is 5.75 Å². The third-order valence-electron chi connectivity index (χ3n) is 3.28. The SMILES string of the molecule is CCC1OB(O)c2c(OCC(C)(C)O)ccc(C)c21. The van der Waals surface area contributed by atoms with Crippen molar-refractivity contribution in [1.82, 2.24) is 0 Å². The van der Waals surface area contributed by atoms with E-state index in [1.165, 1.54) is 0 Å². The molecule has 0 saturated carbocycles. The summed E-state index contributed by atoms with van der Waals surface area (Å²) in [4.78, 5) is 0.